The topological polar surface area (TPSA) is 101 Å². The van der Waals surface area contributed by atoms with Gasteiger partial charge < -0.3 is 15.9 Å². The Bertz CT molecular complexity index is 290. The minimum absolute atomic E-state index is 0.119. The maximum absolute atomic E-state index is 10.7. The molecular weight excluding hydrogens is 174 g/mol. The number of carboxylic acid groups (broad SMARTS) is 2. The molecule has 72 valence electrons. The molecule has 0 aromatic rings. The molecule has 0 heterocycles. The molecule has 5 nitrogen and oxygen atoms in total. The lowest BCUT2D eigenvalue weighted by Gasteiger charge is -2.15. The fourth-order valence-electron chi connectivity index (χ4n) is 2.71. The summed E-state index contributed by atoms with van der Waals surface area (Å²) in [6.07, 6.45) is 1.14. The number of hydrogen-bond acceptors (Lipinski definition) is 3. The van der Waals surface area contributed by atoms with E-state index >= 15 is 0 Å². The van der Waals surface area contributed by atoms with Crippen LogP contribution >= 0.6 is 0 Å². The third kappa shape index (κ3) is 0.848. The Kier molecular flexibility index (Phi) is 1.46. The minimum atomic E-state index is -0.964. The molecule has 2 aliphatic carbocycles. The Morgan fingerprint density at radius 2 is 1.85 bits per heavy atom. The fourth-order valence-corrected chi connectivity index (χ4v) is 2.71. The molecule has 0 radical (unpaired) electrons. The molecule has 4 unspecified atom stereocenters. The molecule has 0 bridgehead atoms. The largest absolute Gasteiger partial charge is 0.481 e. The van der Waals surface area contributed by atoms with E-state index in [4.69, 9.17) is 15.9 Å². The van der Waals surface area contributed by atoms with E-state index in [0.717, 1.165) is 0 Å². The molecule has 2 rings (SSSR count). The predicted molar refractivity (Wildman–Crippen MR) is 41.9 cm³/mol. The molecule has 2 fully saturated rings. The zero-order chi connectivity index (χ0) is 9.80. The van der Waals surface area contributed by atoms with Crippen LogP contribution in [-0.4, -0.2) is 27.7 Å². The summed E-state index contributed by atoms with van der Waals surface area (Å²) in [7, 11) is 0. The highest BCUT2D eigenvalue weighted by Crippen LogP contribution is 2.62. The number of rotatable bonds is 2. The lowest BCUT2D eigenvalue weighted by Crippen LogP contribution is -2.39. The first-order valence-electron chi connectivity index (χ1n) is 4.24. The number of nitrogens with two attached hydrogens (primary N) is 1. The minimum Gasteiger partial charge on any atom is -0.481 e. The molecule has 4 atom stereocenters. The average Bonchev–Trinajstić information content (AvgIpc) is 2.44. The SMILES string of the molecule is NC12C(C(=O)O)CCC1C2C(=O)O. The lowest BCUT2D eigenvalue weighted by molar-refractivity contribution is -0.144. The van der Waals surface area contributed by atoms with E-state index in [1.165, 1.54) is 0 Å². The van der Waals surface area contributed by atoms with Crippen molar-refractivity contribution in [1.29, 1.82) is 0 Å². The van der Waals surface area contributed by atoms with E-state index in [1.54, 1.807) is 0 Å². The summed E-state index contributed by atoms with van der Waals surface area (Å²) in [5.74, 6) is -3.35. The van der Waals surface area contributed by atoms with Crippen molar-refractivity contribution in [2.24, 2.45) is 23.5 Å². The summed E-state index contributed by atoms with van der Waals surface area (Å²) < 4.78 is 0. The smallest absolute Gasteiger partial charge is 0.308 e. The van der Waals surface area contributed by atoms with Gasteiger partial charge in [-0.3, -0.25) is 9.59 Å². The number of fused-ring (bicyclic) bond motifs is 1. The van der Waals surface area contributed by atoms with Crippen LogP contribution in [0.5, 0.6) is 0 Å². The van der Waals surface area contributed by atoms with E-state index < -0.39 is 29.3 Å². The second-order valence-electron chi connectivity index (χ2n) is 3.89. The Labute approximate surface area is 74.5 Å². The molecule has 5 heteroatoms. The average molecular weight is 185 g/mol. The molecule has 0 aliphatic heterocycles. The molecule has 0 saturated heterocycles. The van der Waals surface area contributed by atoms with Crippen LogP contribution in [0.15, 0.2) is 0 Å². The zero-order valence-corrected chi connectivity index (χ0v) is 6.93. The second-order valence-corrected chi connectivity index (χ2v) is 3.89. The van der Waals surface area contributed by atoms with Crippen molar-refractivity contribution in [3.8, 4) is 0 Å². The third-order valence-electron chi connectivity index (χ3n) is 3.41. The van der Waals surface area contributed by atoms with Crippen LogP contribution in [0.2, 0.25) is 0 Å². The van der Waals surface area contributed by atoms with Crippen molar-refractivity contribution in [2.75, 3.05) is 0 Å². The quantitative estimate of drug-likeness (QED) is 0.539. The van der Waals surface area contributed by atoms with Gasteiger partial charge in [-0.1, -0.05) is 0 Å². The van der Waals surface area contributed by atoms with Crippen LogP contribution < -0.4 is 5.73 Å². The summed E-state index contributed by atoms with van der Waals surface area (Å²) in [6, 6.07) is 0. The number of carbonyl (C=O) groups is 2. The number of aliphatic carboxylic acids is 2. The number of carboxylic acids is 2. The predicted octanol–water partition coefficient (Wildman–Crippen LogP) is -0.491. The Morgan fingerprint density at radius 1 is 1.23 bits per heavy atom. The van der Waals surface area contributed by atoms with Gasteiger partial charge in [0.05, 0.1) is 11.8 Å². The van der Waals surface area contributed by atoms with Crippen molar-refractivity contribution in [2.45, 2.75) is 18.4 Å². The van der Waals surface area contributed by atoms with Crippen molar-refractivity contribution < 1.29 is 19.8 Å². The summed E-state index contributed by atoms with van der Waals surface area (Å²) in [6.45, 7) is 0. The summed E-state index contributed by atoms with van der Waals surface area (Å²) >= 11 is 0. The maximum atomic E-state index is 10.7. The van der Waals surface area contributed by atoms with Gasteiger partial charge in [0, 0.05) is 5.54 Å². The van der Waals surface area contributed by atoms with Crippen LogP contribution in [0.25, 0.3) is 0 Å². The van der Waals surface area contributed by atoms with Crippen molar-refractivity contribution in [1.82, 2.24) is 0 Å². The monoisotopic (exact) mass is 185 g/mol. The first kappa shape index (κ1) is 8.50. The molecule has 0 spiro atoms. The third-order valence-corrected chi connectivity index (χ3v) is 3.41. The highest BCUT2D eigenvalue weighted by atomic mass is 16.4. The van der Waals surface area contributed by atoms with Gasteiger partial charge in [-0.05, 0) is 18.8 Å². The van der Waals surface area contributed by atoms with Gasteiger partial charge in [0.25, 0.3) is 0 Å². The highest BCUT2D eigenvalue weighted by Gasteiger charge is 2.74. The van der Waals surface area contributed by atoms with Crippen LogP contribution in [0.3, 0.4) is 0 Å². The zero-order valence-electron chi connectivity index (χ0n) is 6.93. The number of hydrogen-bond donors (Lipinski definition) is 3. The van der Waals surface area contributed by atoms with Gasteiger partial charge in [-0.15, -0.1) is 0 Å². The normalized spacial score (nSPS) is 47.0. The molecular formula is C8H11NO4. The Hall–Kier alpha value is -1.10. The van der Waals surface area contributed by atoms with E-state index in [-0.39, 0.29) is 5.92 Å². The highest BCUT2D eigenvalue weighted by molar-refractivity contribution is 5.83. The first-order valence-corrected chi connectivity index (χ1v) is 4.24. The van der Waals surface area contributed by atoms with Crippen LogP contribution in [0.1, 0.15) is 12.8 Å². The summed E-state index contributed by atoms with van der Waals surface area (Å²) in [4.78, 5) is 21.4. The van der Waals surface area contributed by atoms with E-state index in [1.807, 2.05) is 0 Å². The van der Waals surface area contributed by atoms with Crippen LogP contribution in [0.4, 0.5) is 0 Å². The summed E-state index contributed by atoms with van der Waals surface area (Å²) in [5, 5.41) is 17.6. The second kappa shape index (κ2) is 2.23. The molecule has 0 aromatic heterocycles. The Balaban J connectivity index is 2.22. The van der Waals surface area contributed by atoms with Gasteiger partial charge in [-0.2, -0.15) is 0 Å². The van der Waals surface area contributed by atoms with Crippen LogP contribution in [0, 0.1) is 17.8 Å². The van der Waals surface area contributed by atoms with Gasteiger partial charge in [-0.25, -0.2) is 0 Å². The van der Waals surface area contributed by atoms with Gasteiger partial charge >= 0.3 is 11.9 Å². The molecule has 2 saturated carbocycles. The van der Waals surface area contributed by atoms with E-state index in [9.17, 15) is 9.59 Å². The van der Waals surface area contributed by atoms with Crippen molar-refractivity contribution in [3.63, 3.8) is 0 Å². The molecule has 2 aliphatic rings. The molecule has 0 aromatic carbocycles. The van der Waals surface area contributed by atoms with Crippen LogP contribution in [-0.2, 0) is 9.59 Å². The van der Waals surface area contributed by atoms with E-state index in [0.29, 0.717) is 12.8 Å². The standard InChI is InChI=1S/C8H11NO4/c9-8-3(5(8)7(12)13)1-2-4(8)6(10)11/h3-5H,1-2,9H2,(H,10,11)(H,12,13). The van der Waals surface area contributed by atoms with Gasteiger partial charge in [0.15, 0.2) is 0 Å². The van der Waals surface area contributed by atoms with Crippen molar-refractivity contribution >= 4 is 11.9 Å². The van der Waals surface area contributed by atoms with Gasteiger partial charge in [0.2, 0.25) is 0 Å². The Morgan fingerprint density at radius 3 is 2.23 bits per heavy atom. The molecule has 4 N–H and O–H groups in total. The lowest BCUT2D eigenvalue weighted by atomic mass is 9.95. The fraction of sp³-hybridized carbons (Fsp3) is 0.750. The molecule has 13 heavy (non-hydrogen) atoms. The maximum Gasteiger partial charge on any atom is 0.308 e. The summed E-state index contributed by atoms with van der Waals surface area (Å²) in [5.41, 5.74) is 4.82. The molecule has 0 amide bonds. The van der Waals surface area contributed by atoms with Gasteiger partial charge in [0.1, 0.15) is 0 Å². The van der Waals surface area contributed by atoms with E-state index in [2.05, 4.69) is 0 Å². The van der Waals surface area contributed by atoms with Crippen molar-refractivity contribution in [3.05, 3.63) is 0 Å². The first-order chi connectivity index (χ1) is 5.99.